The molecule has 1 heterocycles. The number of carbonyl (C=O) groups is 2. The van der Waals surface area contributed by atoms with Crippen LogP contribution < -0.4 is 10.1 Å². The highest BCUT2D eigenvalue weighted by atomic mass is 32.2. The summed E-state index contributed by atoms with van der Waals surface area (Å²) in [6, 6.07) is 16.3. The second-order valence-corrected chi connectivity index (χ2v) is 9.12. The van der Waals surface area contributed by atoms with Gasteiger partial charge in [0.15, 0.2) is 5.78 Å². The largest absolute Gasteiger partial charge is 0.294 e. The molecule has 7 nitrogen and oxygen atoms in total. The topological polar surface area (TPSA) is 105 Å². The predicted octanol–water partition coefficient (Wildman–Crippen LogP) is 3.27. The molecule has 0 radical (unpaired) electrons. The zero-order valence-electron chi connectivity index (χ0n) is 15.0. The van der Waals surface area contributed by atoms with E-state index in [1.165, 1.54) is 30.3 Å². The van der Waals surface area contributed by atoms with E-state index in [-0.39, 0.29) is 16.4 Å². The molecule has 1 aromatic heterocycles. The van der Waals surface area contributed by atoms with Gasteiger partial charge in [-0.05, 0) is 35.7 Å². The summed E-state index contributed by atoms with van der Waals surface area (Å²) < 4.78 is 27.1. The summed E-state index contributed by atoms with van der Waals surface area (Å²) in [5.41, 5.74) is 4.94. The number of ketones is 1. The first-order valence-electron chi connectivity index (χ1n) is 8.60. The molecule has 29 heavy (non-hydrogen) atoms. The van der Waals surface area contributed by atoms with Crippen molar-refractivity contribution in [3.63, 3.8) is 0 Å². The Morgan fingerprint density at radius 2 is 1.69 bits per heavy atom. The Hall–Kier alpha value is -3.30. The number of carbonyl (C=O) groups excluding carboxylic acids is 2. The maximum Gasteiger partial charge on any atom is 0.271 e. The van der Waals surface area contributed by atoms with E-state index in [0.29, 0.717) is 22.5 Å². The van der Waals surface area contributed by atoms with Gasteiger partial charge >= 0.3 is 0 Å². The van der Waals surface area contributed by atoms with Crippen molar-refractivity contribution < 1.29 is 18.0 Å². The maximum atomic E-state index is 12.3. The minimum absolute atomic E-state index is 0.0315. The predicted molar refractivity (Wildman–Crippen MR) is 111 cm³/mol. The number of hydrogen-bond donors (Lipinski definition) is 2. The number of benzene rings is 2. The monoisotopic (exact) mass is 425 g/mol. The summed E-state index contributed by atoms with van der Waals surface area (Å²) in [5, 5.41) is 5.77. The SMILES string of the molecule is O=C(NN=C1CC(=O)c2ccccc21)c1ccc(NS(=O)(=O)c2cccs2)cc1. The average Bonchev–Trinajstić information content (AvgIpc) is 3.36. The third-order valence-corrected chi connectivity index (χ3v) is 7.10. The maximum absolute atomic E-state index is 12.3. The molecule has 3 aromatic rings. The van der Waals surface area contributed by atoms with Crippen LogP contribution in [0.4, 0.5) is 5.69 Å². The van der Waals surface area contributed by atoms with Gasteiger partial charge in [0.25, 0.3) is 15.9 Å². The number of thiophene rings is 1. The molecule has 1 aliphatic rings. The first-order valence-corrected chi connectivity index (χ1v) is 11.0. The van der Waals surface area contributed by atoms with E-state index in [4.69, 9.17) is 0 Å². The number of amides is 1. The van der Waals surface area contributed by atoms with Crippen LogP contribution in [-0.2, 0) is 10.0 Å². The molecule has 0 saturated heterocycles. The van der Waals surface area contributed by atoms with Crippen molar-refractivity contribution in [2.75, 3.05) is 4.72 Å². The third kappa shape index (κ3) is 3.96. The fourth-order valence-corrected chi connectivity index (χ4v) is 4.97. The second-order valence-electron chi connectivity index (χ2n) is 6.26. The van der Waals surface area contributed by atoms with Crippen molar-refractivity contribution in [2.24, 2.45) is 5.10 Å². The summed E-state index contributed by atoms with van der Waals surface area (Å²) in [4.78, 5) is 24.3. The number of hydrogen-bond acceptors (Lipinski definition) is 6. The molecule has 0 saturated carbocycles. The molecule has 2 aromatic carbocycles. The second kappa shape index (κ2) is 7.61. The molecular formula is C20H15N3O4S2. The van der Waals surface area contributed by atoms with Gasteiger partial charge in [-0.2, -0.15) is 5.10 Å². The molecule has 1 aliphatic carbocycles. The highest BCUT2D eigenvalue weighted by molar-refractivity contribution is 7.94. The fourth-order valence-electron chi connectivity index (χ4n) is 2.91. The molecule has 0 atom stereocenters. The van der Waals surface area contributed by atoms with Crippen LogP contribution >= 0.6 is 11.3 Å². The first kappa shape index (κ1) is 19.0. The number of fused-ring (bicyclic) bond motifs is 1. The van der Waals surface area contributed by atoms with Crippen LogP contribution in [0.5, 0.6) is 0 Å². The molecule has 9 heteroatoms. The highest BCUT2D eigenvalue weighted by Gasteiger charge is 2.25. The Morgan fingerprint density at radius 3 is 2.38 bits per heavy atom. The number of nitrogens with zero attached hydrogens (tertiary/aromatic N) is 1. The third-order valence-electron chi connectivity index (χ3n) is 4.32. The van der Waals surface area contributed by atoms with E-state index in [9.17, 15) is 18.0 Å². The van der Waals surface area contributed by atoms with Crippen molar-refractivity contribution in [3.8, 4) is 0 Å². The minimum atomic E-state index is -3.64. The summed E-state index contributed by atoms with van der Waals surface area (Å²) in [5.74, 6) is -0.488. The Kier molecular flexibility index (Phi) is 4.99. The molecule has 0 unspecified atom stereocenters. The first-order chi connectivity index (χ1) is 13.9. The molecule has 0 aliphatic heterocycles. The number of Topliss-reactive ketones (excluding diaryl/α,β-unsaturated/α-hetero) is 1. The van der Waals surface area contributed by atoms with Crippen LogP contribution in [-0.4, -0.2) is 25.8 Å². The summed E-state index contributed by atoms with van der Waals surface area (Å²) in [6.07, 6.45) is 0.142. The quantitative estimate of drug-likeness (QED) is 0.612. The molecule has 146 valence electrons. The van der Waals surface area contributed by atoms with Crippen LogP contribution in [0.2, 0.25) is 0 Å². The van der Waals surface area contributed by atoms with Gasteiger partial charge in [-0.1, -0.05) is 30.3 Å². The van der Waals surface area contributed by atoms with E-state index < -0.39 is 15.9 Å². The summed E-state index contributed by atoms with van der Waals surface area (Å²) in [7, 11) is -3.64. The summed E-state index contributed by atoms with van der Waals surface area (Å²) in [6.45, 7) is 0. The van der Waals surface area contributed by atoms with Crippen LogP contribution in [0.15, 0.2) is 75.4 Å². The number of hydrazone groups is 1. The molecule has 0 bridgehead atoms. The van der Waals surface area contributed by atoms with E-state index >= 15 is 0 Å². The smallest absolute Gasteiger partial charge is 0.271 e. The lowest BCUT2D eigenvalue weighted by Gasteiger charge is -2.07. The van der Waals surface area contributed by atoms with E-state index in [1.54, 1.807) is 29.6 Å². The van der Waals surface area contributed by atoms with E-state index in [2.05, 4.69) is 15.2 Å². The average molecular weight is 425 g/mol. The Bertz CT molecular complexity index is 1210. The number of anilines is 1. The van der Waals surface area contributed by atoms with Crippen LogP contribution in [0.1, 0.15) is 32.7 Å². The lowest BCUT2D eigenvalue weighted by Crippen LogP contribution is -2.19. The minimum Gasteiger partial charge on any atom is -0.294 e. The molecule has 1 amide bonds. The highest BCUT2D eigenvalue weighted by Crippen LogP contribution is 2.22. The normalized spacial score (nSPS) is 14.6. The molecule has 4 rings (SSSR count). The van der Waals surface area contributed by atoms with Gasteiger partial charge in [-0.15, -0.1) is 11.3 Å². The fraction of sp³-hybridized carbons (Fsp3) is 0.0500. The lowest BCUT2D eigenvalue weighted by molar-refractivity contribution is 0.0952. The summed E-state index contributed by atoms with van der Waals surface area (Å²) >= 11 is 1.12. The van der Waals surface area contributed by atoms with Crippen molar-refractivity contribution >= 4 is 44.4 Å². The number of nitrogens with one attached hydrogen (secondary N) is 2. The van der Waals surface area contributed by atoms with Gasteiger partial charge in [0, 0.05) is 22.4 Å². The van der Waals surface area contributed by atoms with Crippen LogP contribution in [0.3, 0.4) is 0 Å². The molecule has 0 spiro atoms. The van der Waals surface area contributed by atoms with Crippen molar-refractivity contribution in [1.82, 2.24) is 5.43 Å². The van der Waals surface area contributed by atoms with Crippen LogP contribution in [0.25, 0.3) is 0 Å². The standard InChI is InChI=1S/C20H15N3O4S2/c24-18-12-17(15-4-1-2-5-16(15)18)21-22-20(25)13-7-9-14(10-8-13)23-29(26,27)19-6-3-11-28-19/h1-11,23H,12H2,(H,22,25). The van der Waals surface area contributed by atoms with Crippen molar-refractivity contribution in [1.29, 1.82) is 0 Å². The van der Waals surface area contributed by atoms with Gasteiger partial charge in [0.2, 0.25) is 0 Å². The van der Waals surface area contributed by atoms with Gasteiger partial charge in [0.05, 0.1) is 12.1 Å². The van der Waals surface area contributed by atoms with E-state index in [1.807, 2.05) is 6.07 Å². The number of sulfonamides is 1. The van der Waals surface area contributed by atoms with Crippen molar-refractivity contribution in [2.45, 2.75) is 10.6 Å². The van der Waals surface area contributed by atoms with Gasteiger partial charge in [-0.3, -0.25) is 14.3 Å². The van der Waals surface area contributed by atoms with E-state index in [0.717, 1.165) is 16.9 Å². The van der Waals surface area contributed by atoms with Gasteiger partial charge < -0.3 is 0 Å². The molecular weight excluding hydrogens is 410 g/mol. The zero-order valence-corrected chi connectivity index (χ0v) is 16.6. The van der Waals surface area contributed by atoms with Gasteiger partial charge in [0.1, 0.15) is 4.21 Å². The van der Waals surface area contributed by atoms with Gasteiger partial charge in [-0.25, -0.2) is 13.8 Å². The molecule has 2 N–H and O–H groups in total. The van der Waals surface area contributed by atoms with Crippen molar-refractivity contribution in [3.05, 3.63) is 82.7 Å². The lowest BCUT2D eigenvalue weighted by atomic mass is 10.1. The number of rotatable bonds is 5. The Balaban J connectivity index is 1.45. The zero-order chi connectivity index (χ0) is 20.4. The Labute approximate surface area is 171 Å². The van der Waals surface area contributed by atoms with Crippen LogP contribution in [0, 0.1) is 0 Å². The molecule has 0 fully saturated rings. The Morgan fingerprint density at radius 1 is 0.966 bits per heavy atom.